The van der Waals surface area contributed by atoms with Gasteiger partial charge in [0.25, 0.3) is 0 Å². The molecule has 1 N–H and O–H groups in total. The molecule has 1 aromatic rings. The number of rotatable bonds is 3. The zero-order chi connectivity index (χ0) is 9.68. The van der Waals surface area contributed by atoms with Crippen LogP contribution in [0.3, 0.4) is 0 Å². The maximum absolute atomic E-state index is 10.1. The SMILES string of the molecule is O=C(O)C=CSc1ccc(Br)cc1. The lowest BCUT2D eigenvalue weighted by atomic mass is 10.4. The highest BCUT2D eigenvalue weighted by Crippen LogP contribution is 2.21. The summed E-state index contributed by atoms with van der Waals surface area (Å²) in [6, 6.07) is 7.66. The summed E-state index contributed by atoms with van der Waals surface area (Å²) in [4.78, 5) is 11.2. The molecule has 0 aliphatic heterocycles. The van der Waals surface area contributed by atoms with E-state index in [9.17, 15) is 4.79 Å². The second-order valence-corrected chi connectivity index (χ2v) is 4.11. The first-order valence-electron chi connectivity index (χ1n) is 3.50. The topological polar surface area (TPSA) is 37.3 Å². The molecule has 2 nitrogen and oxygen atoms in total. The monoisotopic (exact) mass is 258 g/mol. The fourth-order valence-electron chi connectivity index (χ4n) is 0.684. The Balaban J connectivity index is 2.55. The fourth-order valence-corrected chi connectivity index (χ4v) is 1.58. The van der Waals surface area contributed by atoms with Gasteiger partial charge in [0, 0.05) is 15.4 Å². The lowest BCUT2D eigenvalue weighted by molar-refractivity contribution is -0.131. The fraction of sp³-hybridized carbons (Fsp3) is 0. The molecular weight excluding hydrogens is 252 g/mol. The number of carboxylic acids is 1. The van der Waals surface area contributed by atoms with Crippen molar-refractivity contribution in [3.8, 4) is 0 Å². The van der Waals surface area contributed by atoms with Crippen molar-refractivity contribution < 1.29 is 9.90 Å². The third-order valence-corrected chi connectivity index (χ3v) is 2.57. The Labute approximate surface area is 88.8 Å². The number of aliphatic carboxylic acids is 1. The lowest BCUT2D eigenvalue weighted by Gasteiger charge is -1.94. The van der Waals surface area contributed by atoms with Crippen molar-refractivity contribution in [3.63, 3.8) is 0 Å². The molecule has 0 fully saturated rings. The van der Waals surface area contributed by atoms with Crippen molar-refractivity contribution in [2.45, 2.75) is 4.90 Å². The average molecular weight is 259 g/mol. The molecule has 0 spiro atoms. The predicted molar refractivity (Wildman–Crippen MR) is 56.8 cm³/mol. The highest BCUT2D eigenvalue weighted by molar-refractivity contribution is 9.10. The Morgan fingerprint density at radius 1 is 1.38 bits per heavy atom. The summed E-state index contributed by atoms with van der Waals surface area (Å²) in [5, 5.41) is 9.88. The molecule has 13 heavy (non-hydrogen) atoms. The standard InChI is InChI=1S/C9H7BrO2S/c10-7-1-3-8(4-2-7)13-6-5-9(11)12/h1-6H,(H,11,12). The van der Waals surface area contributed by atoms with E-state index in [0.29, 0.717) is 0 Å². The maximum Gasteiger partial charge on any atom is 0.328 e. The van der Waals surface area contributed by atoms with E-state index in [4.69, 9.17) is 5.11 Å². The van der Waals surface area contributed by atoms with Crippen LogP contribution in [0, 0.1) is 0 Å². The summed E-state index contributed by atoms with van der Waals surface area (Å²) in [6.07, 6.45) is 1.12. The Hall–Kier alpha value is -0.740. The summed E-state index contributed by atoms with van der Waals surface area (Å²) < 4.78 is 1.01. The summed E-state index contributed by atoms with van der Waals surface area (Å²) in [6.45, 7) is 0. The smallest absolute Gasteiger partial charge is 0.328 e. The zero-order valence-electron chi connectivity index (χ0n) is 6.61. The van der Waals surface area contributed by atoms with Crippen LogP contribution >= 0.6 is 27.7 Å². The molecule has 0 amide bonds. The number of benzene rings is 1. The molecule has 68 valence electrons. The van der Waals surface area contributed by atoms with Crippen molar-refractivity contribution in [1.29, 1.82) is 0 Å². The molecule has 0 radical (unpaired) electrons. The van der Waals surface area contributed by atoms with Crippen LogP contribution in [0.2, 0.25) is 0 Å². The number of hydrogen-bond acceptors (Lipinski definition) is 2. The number of carboxylic acid groups (broad SMARTS) is 1. The largest absolute Gasteiger partial charge is 0.478 e. The first kappa shape index (κ1) is 10.3. The highest BCUT2D eigenvalue weighted by Gasteiger charge is 1.91. The van der Waals surface area contributed by atoms with E-state index in [2.05, 4.69) is 15.9 Å². The quantitative estimate of drug-likeness (QED) is 0.669. The van der Waals surface area contributed by atoms with Gasteiger partial charge in [-0.2, -0.15) is 0 Å². The molecule has 1 aromatic carbocycles. The second kappa shape index (κ2) is 5.09. The third-order valence-electron chi connectivity index (χ3n) is 1.23. The van der Waals surface area contributed by atoms with Gasteiger partial charge >= 0.3 is 5.97 Å². The molecule has 0 atom stereocenters. The number of hydrogen-bond donors (Lipinski definition) is 1. The molecule has 0 saturated carbocycles. The van der Waals surface area contributed by atoms with Gasteiger partial charge in [0.1, 0.15) is 0 Å². The van der Waals surface area contributed by atoms with E-state index in [1.807, 2.05) is 24.3 Å². The minimum atomic E-state index is -0.926. The minimum Gasteiger partial charge on any atom is -0.478 e. The van der Waals surface area contributed by atoms with Gasteiger partial charge in [0.15, 0.2) is 0 Å². The van der Waals surface area contributed by atoms with Crippen molar-refractivity contribution in [2.75, 3.05) is 0 Å². The molecule has 0 bridgehead atoms. The number of thioether (sulfide) groups is 1. The van der Waals surface area contributed by atoms with E-state index >= 15 is 0 Å². The van der Waals surface area contributed by atoms with Crippen LogP contribution in [0.1, 0.15) is 0 Å². The van der Waals surface area contributed by atoms with Crippen LogP contribution < -0.4 is 0 Å². The average Bonchev–Trinajstić information content (AvgIpc) is 2.08. The van der Waals surface area contributed by atoms with Crippen LogP contribution in [0.25, 0.3) is 0 Å². The molecular formula is C9H7BrO2S. The summed E-state index contributed by atoms with van der Waals surface area (Å²) in [7, 11) is 0. The first-order valence-corrected chi connectivity index (χ1v) is 5.17. The molecule has 0 unspecified atom stereocenters. The summed E-state index contributed by atoms with van der Waals surface area (Å²) >= 11 is 4.69. The molecule has 4 heteroatoms. The molecule has 0 heterocycles. The van der Waals surface area contributed by atoms with Gasteiger partial charge in [0.05, 0.1) is 0 Å². The van der Waals surface area contributed by atoms with E-state index in [0.717, 1.165) is 15.4 Å². The van der Waals surface area contributed by atoms with E-state index in [-0.39, 0.29) is 0 Å². The second-order valence-electron chi connectivity index (χ2n) is 2.21. The Kier molecular flexibility index (Phi) is 4.05. The van der Waals surface area contributed by atoms with Crippen LogP contribution in [0.5, 0.6) is 0 Å². The maximum atomic E-state index is 10.1. The van der Waals surface area contributed by atoms with Crippen molar-refractivity contribution in [2.24, 2.45) is 0 Å². The number of carbonyl (C=O) groups is 1. The Bertz CT molecular complexity index is 319. The molecule has 0 aliphatic rings. The van der Waals surface area contributed by atoms with E-state index < -0.39 is 5.97 Å². The van der Waals surface area contributed by atoms with Gasteiger partial charge in [-0.1, -0.05) is 27.7 Å². The zero-order valence-corrected chi connectivity index (χ0v) is 9.01. The van der Waals surface area contributed by atoms with Crippen LogP contribution in [-0.2, 0) is 4.79 Å². The van der Waals surface area contributed by atoms with Crippen LogP contribution in [0.4, 0.5) is 0 Å². The minimum absolute atomic E-state index is 0.926. The molecule has 0 aliphatic carbocycles. The summed E-state index contributed by atoms with van der Waals surface area (Å²) in [5.41, 5.74) is 0. The highest BCUT2D eigenvalue weighted by atomic mass is 79.9. The van der Waals surface area contributed by atoms with Gasteiger partial charge in [0.2, 0.25) is 0 Å². The Morgan fingerprint density at radius 3 is 2.54 bits per heavy atom. The van der Waals surface area contributed by atoms with Crippen LogP contribution in [-0.4, -0.2) is 11.1 Å². The molecule has 1 rings (SSSR count). The van der Waals surface area contributed by atoms with Gasteiger partial charge in [-0.15, -0.1) is 0 Å². The van der Waals surface area contributed by atoms with Gasteiger partial charge < -0.3 is 5.11 Å². The Morgan fingerprint density at radius 2 is 2.00 bits per heavy atom. The van der Waals surface area contributed by atoms with Gasteiger partial charge in [-0.25, -0.2) is 4.79 Å². The van der Waals surface area contributed by atoms with Gasteiger partial charge in [-0.3, -0.25) is 0 Å². The van der Waals surface area contributed by atoms with Crippen molar-refractivity contribution >= 4 is 33.7 Å². The van der Waals surface area contributed by atoms with Gasteiger partial charge in [-0.05, 0) is 29.7 Å². The van der Waals surface area contributed by atoms with Crippen LogP contribution in [0.15, 0.2) is 45.1 Å². The van der Waals surface area contributed by atoms with Crippen molar-refractivity contribution in [1.82, 2.24) is 0 Å². The third kappa shape index (κ3) is 4.15. The van der Waals surface area contributed by atoms with E-state index in [1.54, 1.807) is 5.41 Å². The summed E-state index contributed by atoms with van der Waals surface area (Å²) in [5.74, 6) is -0.926. The van der Waals surface area contributed by atoms with Crippen molar-refractivity contribution in [3.05, 3.63) is 40.2 Å². The van der Waals surface area contributed by atoms with E-state index in [1.165, 1.54) is 11.8 Å². The molecule has 0 aromatic heterocycles. The predicted octanol–water partition coefficient (Wildman–Crippen LogP) is 3.14. The normalized spacial score (nSPS) is 10.5. The number of halogens is 1. The lowest BCUT2D eigenvalue weighted by Crippen LogP contribution is -1.84. The first-order chi connectivity index (χ1) is 6.18. The molecule has 0 saturated heterocycles.